The molecule has 2 aromatic carbocycles. The number of piperazine rings is 1. The number of benzene rings is 2. The smallest absolute Gasteiger partial charge is 0.368 e. The van der Waals surface area contributed by atoms with Gasteiger partial charge in [0.15, 0.2) is 0 Å². The van der Waals surface area contributed by atoms with E-state index in [1.54, 1.807) is 6.07 Å². The lowest BCUT2D eigenvalue weighted by molar-refractivity contribution is -0.137. The van der Waals surface area contributed by atoms with Crippen molar-refractivity contribution in [2.75, 3.05) is 55.6 Å². The van der Waals surface area contributed by atoms with Gasteiger partial charge in [-0.25, -0.2) is 0 Å². The van der Waals surface area contributed by atoms with Crippen molar-refractivity contribution >= 4 is 17.3 Å². The van der Waals surface area contributed by atoms with Crippen LogP contribution in [0, 0.1) is 5.92 Å². The SMILES string of the molecule is O=C(NCCN1CCCCC1)[C@@H]1Cc2cc(C(F)(F)F)ccc2N2CCN(c3ccccc3)C[C@@H]12. The standard InChI is InChI=1S/C27H33F3N4O/c28-27(29,30)21-9-10-24-20(17-21)18-23(26(35)31-11-14-32-12-5-2-6-13-32)25-19-33(15-16-34(24)25)22-7-3-1-4-8-22/h1,3-4,7-10,17,23,25H,2,5-6,11-16,18-19H2,(H,31,35)/t23-,25+/m1/s1. The van der Waals surface area contributed by atoms with Gasteiger partial charge in [-0.1, -0.05) is 24.6 Å². The van der Waals surface area contributed by atoms with Crippen molar-refractivity contribution in [3.05, 3.63) is 59.7 Å². The number of likely N-dealkylation sites (tertiary alicyclic amines) is 1. The van der Waals surface area contributed by atoms with E-state index in [2.05, 4.69) is 32.1 Å². The van der Waals surface area contributed by atoms with E-state index in [4.69, 9.17) is 0 Å². The number of nitrogens with zero attached hydrogens (tertiary/aromatic N) is 3. The lowest BCUT2D eigenvalue weighted by atomic mass is 9.82. The molecule has 5 rings (SSSR count). The molecular weight excluding hydrogens is 453 g/mol. The Kier molecular flexibility index (Phi) is 6.91. The minimum atomic E-state index is -4.40. The number of halogens is 3. The molecular formula is C27H33F3N4O. The van der Waals surface area contributed by atoms with Crippen LogP contribution in [-0.4, -0.2) is 62.7 Å². The molecule has 0 aromatic heterocycles. The lowest BCUT2D eigenvalue weighted by Crippen LogP contribution is -2.61. The highest BCUT2D eigenvalue weighted by molar-refractivity contribution is 5.82. The highest BCUT2D eigenvalue weighted by Gasteiger charge is 2.42. The van der Waals surface area contributed by atoms with Gasteiger partial charge in [0.1, 0.15) is 0 Å². The zero-order valence-electron chi connectivity index (χ0n) is 19.9. The summed E-state index contributed by atoms with van der Waals surface area (Å²) in [5, 5.41) is 3.11. The first-order chi connectivity index (χ1) is 16.9. The van der Waals surface area contributed by atoms with Gasteiger partial charge < -0.3 is 20.0 Å². The Labute approximate surface area is 204 Å². The van der Waals surface area contributed by atoms with Crippen molar-refractivity contribution < 1.29 is 18.0 Å². The van der Waals surface area contributed by atoms with Gasteiger partial charge in [-0.15, -0.1) is 0 Å². The van der Waals surface area contributed by atoms with Gasteiger partial charge in [-0.2, -0.15) is 13.2 Å². The highest BCUT2D eigenvalue weighted by atomic mass is 19.4. The maximum atomic E-state index is 13.4. The van der Waals surface area contributed by atoms with Crippen molar-refractivity contribution in [2.24, 2.45) is 5.92 Å². The Morgan fingerprint density at radius 2 is 1.74 bits per heavy atom. The molecule has 1 amide bonds. The maximum Gasteiger partial charge on any atom is 0.416 e. The number of anilines is 2. The topological polar surface area (TPSA) is 38.8 Å². The summed E-state index contributed by atoms with van der Waals surface area (Å²) in [4.78, 5) is 20.2. The lowest BCUT2D eigenvalue weighted by Gasteiger charge is -2.49. The number of hydrogen-bond donors (Lipinski definition) is 1. The van der Waals surface area contributed by atoms with Crippen LogP contribution in [0.3, 0.4) is 0 Å². The zero-order chi connectivity index (χ0) is 24.4. The minimum absolute atomic E-state index is 0.0602. The van der Waals surface area contributed by atoms with Crippen LogP contribution in [0.4, 0.5) is 24.5 Å². The highest BCUT2D eigenvalue weighted by Crippen LogP contribution is 2.40. The van der Waals surface area contributed by atoms with E-state index < -0.39 is 17.7 Å². The van der Waals surface area contributed by atoms with Gasteiger partial charge in [0.2, 0.25) is 5.91 Å². The number of carbonyl (C=O) groups is 1. The Morgan fingerprint density at radius 1 is 0.971 bits per heavy atom. The van der Waals surface area contributed by atoms with E-state index in [0.717, 1.165) is 37.6 Å². The van der Waals surface area contributed by atoms with Gasteiger partial charge in [-0.3, -0.25) is 4.79 Å². The largest absolute Gasteiger partial charge is 0.416 e. The molecule has 3 heterocycles. The van der Waals surface area contributed by atoms with Gasteiger partial charge in [-0.05, 0) is 68.2 Å². The molecule has 0 unspecified atom stereocenters. The predicted octanol–water partition coefficient (Wildman–Crippen LogP) is 4.18. The molecule has 3 aliphatic rings. The first kappa shape index (κ1) is 24.0. The second kappa shape index (κ2) is 10.1. The maximum absolute atomic E-state index is 13.4. The van der Waals surface area contributed by atoms with Crippen LogP contribution in [0.2, 0.25) is 0 Å². The molecule has 5 nitrogen and oxygen atoms in total. The van der Waals surface area contributed by atoms with Crippen molar-refractivity contribution in [1.29, 1.82) is 0 Å². The van der Waals surface area contributed by atoms with Gasteiger partial charge in [0.25, 0.3) is 0 Å². The molecule has 0 aliphatic carbocycles. The number of amides is 1. The van der Waals surface area contributed by atoms with Gasteiger partial charge in [0.05, 0.1) is 17.5 Å². The number of nitrogens with one attached hydrogen (secondary N) is 1. The average molecular weight is 487 g/mol. The van der Waals surface area contributed by atoms with E-state index in [9.17, 15) is 18.0 Å². The van der Waals surface area contributed by atoms with Crippen molar-refractivity contribution in [1.82, 2.24) is 10.2 Å². The zero-order valence-corrected chi connectivity index (χ0v) is 19.9. The Morgan fingerprint density at radius 3 is 2.49 bits per heavy atom. The minimum Gasteiger partial charge on any atom is -0.368 e. The quantitative estimate of drug-likeness (QED) is 0.689. The van der Waals surface area contributed by atoms with Crippen LogP contribution in [0.1, 0.15) is 30.4 Å². The Balaban J connectivity index is 1.36. The molecule has 1 N–H and O–H groups in total. The predicted molar refractivity (Wildman–Crippen MR) is 132 cm³/mol. The van der Waals surface area contributed by atoms with Crippen molar-refractivity contribution in [3.8, 4) is 0 Å². The average Bonchev–Trinajstić information content (AvgIpc) is 2.88. The van der Waals surface area contributed by atoms with E-state index in [1.165, 1.54) is 31.4 Å². The van der Waals surface area contributed by atoms with E-state index in [0.29, 0.717) is 31.6 Å². The third kappa shape index (κ3) is 5.27. The molecule has 35 heavy (non-hydrogen) atoms. The Bertz CT molecular complexity index is 1020. The molecule has 0 radical (unpaired) electrons. The fraction of sp³-hybridized carbons (Fsp3) is 0.519. The summed E-state index contributed by atoms with van der Waals surface area (Å²) in [6.45, 7) is 5.59. The number of alkyl halides is 3. The molecule has 8 heteroatoms. The molecule has 0 spiro atoms. The van der Waals surface area contributed by atoms with Crippen molar-refractivity contribution in [2.45, 2.75) is 37.9 Å². The molecule has 0 bridgehead atoms. The summed E-state index contributed by atoms with van der Waals surface area (Å²) >= 11 is 0. The second-order valence-corrected chi connectivity index (χ2v) is 9.89. The monoisotopic (exact) mass is 486 g/mol. The number of carbonyl (C=O) groups excluding carboxylic acids is 1. The number of hydrogen-bond acceptors (Lipinski definition) is 4. The molecule has 2 fully saturated rings. The summed E-state index contributed by atoms with van der Waals surface area (Å²) in [6, 6.07) is 14.0. The summed E-state index contributed by atoms with van der Waals surface area (Å²) in [7, 11) is 0. The molecule has 2 saturated heterocycles. The van der Waals surface area contributed by atoms with Gasteiger partial charge in [0, 0.05) is 44.1 Å². The number of piperidine rings is 1. The van der Waals surface area contributed by atoms with Crippen LogP contribution >= 0.6 is 0 Å². The second-order valence-electron chi connectivity index (χ2n) is 9.89. The first-order valence-corrected chi connectivity index (χ1v) is 12.7. The summed E-state index contributed by atoms with van der Waals surface area (Å²) in [6.07, 6.45) is -0.426. The fourth-order valence-electron chi connectivity index (χ4n) is 5.82. The van der Waals surface area contributed by atoms with Crippen LogP contribution in [0.5, 0.6) is 0 Å². The summed E-state index contributed by atoms with van der Waals surface area (Å²) < 4.78 is 40.3. The van der Waals surface area contributed by atoms with Crippen molar-refractivity contribution in [3.63, 3.8) is 0 Å². The van der Waals surface area contributed by atoms with E-state index in [-0.39, 0.29) is 11.9 Å². The third-order valence-electron chi connectivity index (χ3n) is 7.67. The van der Waals surface area contributed by atoms with Gasteiger partial charge >= 0.3 is 6.18 Å². The van der Waals surface area contributed by atoms with Crippen LogP contribution < -0.4 is 15.1 Å². The van der Waals surface area contributed by atoms with E-state index in [1.807, 2.05) is 18.2 Å². The van der Waals surface area contributed by atoms with E-state index >= 15 is 0 Å². The molecule has 3 aliphatic heterocycles. The molecule has 2 atom stereocenters. The normalized spacial score (nSPS) is 22.9. The fourth-order valence-corrected chi connectivity index (χ4v) is 5.82. The third-order valence-corrected chi connectivity index (χ3v) is 7.67. The molecule has 0 saturated carbocycles. The summed E-state index contributed by atoms with van der Waals surface area (Å²) in [5.74, 6) is -0.464. The summed E-state index contributed by atoms with van der Waals surface area (Å²) in [5.41, 5.74) is 1.89. The number of fused-ring (bicyclic) bond motifs is 3. The Hall–Kier alpha value is -2.74. The molecule has 2 aromatic rings. The number of rotatable bonds is 5. The van der Waals surface area contributed by atoms with Crippen LogP contribution in [0.25, 0.3) is 0 Å². The van der Waals surface area contributed by atoms with Crippen LogP contribution in [-0.2, 0) is 17.4 Å². The molecule has 188 valence electrons. The first-order valence-electron chi connectivity index (χ1n) is 12.7. The van der Waals surface area contributed by atoms with Crippen LogP contribution in [0.15, 0.2) is 48.5 Å². The number of para-hydroxylation sites is 1.